The average Bonchev–Trinajstić information content (AvgIpc) is 2.85. The second-order valence-electron chi connectivity index (χ2n) is 8.14. The van der Waals surface area contributed by atoms with Gasteiger partial charge in [-0.1, -0.05) is 60.7 Å². The third kappa shape index (κ3) is 4.49. The number of anilines is 2. The summed E-state index contributed by atoms with van der Waals surface area (Å²) in [6, 6.07) is 26.6. The van der Waals surface area contributed by atoms with Crippen molar-refractivity contribution in [3.05, 3.63) is 101 Å². The Morgan fingerprint density at radius 3 is 2.12 bits per heavy atom. The van der Waals surface area contributed by atoms with Crippen molar-refractivity contribution in [3.63, 3.8) is 0 Å². The summed E-state index contributed by atoms with van der Waals surface area (Å²) in [6.07, 6.45) is 1.32. The van der Waals surface area contributed by atoms with Crippen LogP contribution in [0.2, 0.25) is 0 Å². The molecule has 1 heterocycles. The second-order valence-corrected chi connectivity index (χ2v) is 8.14. The Bertz CT molecular complexity index is 1060. The number of rotatable bonds is 6. The highest BCUT2D eigenvalue weighted by molar-refractivity contribution is 5.96. The average molecular weight is 430 g/mol. The number of carbonyl (C=O) groups is 1. The summed E-state index contributed by atoms with van der Waals surface area (Å²) in [6.45, 7) is 3.29. The Kier molecular flexibility index (Phi) is 6.50. The summed E-state index contributed by atoms with van der Waals surface area (Å²) in [4.78, 5) is 28.7. The van der Waals surface area contributed by atoms with Gasteiger partial charge in [0.25, 0.3) is 5.69 Å². The molecule has 1 fully saturated rings. The van der Waals surface area contributed by atoms with Gasteiger partial charge < -0.3 is 9.80 Å². The van der Waals surface area contributed by atoms with Gasteiger partial charge in [0.05, 0.1) is 11.0 Å². The fourth-order valence-electron chi connectivity index (χ4n) is 4.46. The number of carbonyl (C=O) groups excluding carboxylic acids is 1. The molecule has 32 heavy (non-hydrogen) atoms. The minimum absolute atomic E-state index is 0.0978. The van der Waals surface area contributed by atoms with Crippen LogP contribution in [0, 0.1) is 16.0 Å². The van der Waals surface area contributed by atoms with Crippen LogP contribution in [0.5, 0.6) is 0 Å². The SMILES string of the molecule is CC(c1ccccc1)N(C(=O)C1CCN(c2ccccc2[N+](=O)[O-])CC1)c1ccccc1. The van der Waals surface area contributed by atoms with Crippen molar-refractivity contribution in [1.82, 2.24) is 0 Å². The maximum atomic E-state index is 13.7. The van der Waals surface area contributed by atoms with Gasteiger partial charge in [-0.2, -0.15) is 0 Å². The van der Waals surface area contributed by atoms with Gasteiger partial charge in [-0.05, 0) is 43.5 Å². The molecule has 1 atom stereocenters. The van der Waals surface area contributed by atoms with E-state index in [0.717, 1.165) is 11.3 Å². The zero-order chi connectivity index (χ0) is 22.5. The summed E-state index contributed by atoms with van der Waals surface area (Å²) < 4.78 is 0. The fraction of sp³-hybridized carbons (Fsp3) is 0.269. The van der Waals surface area contributed by atoms with Gasteiger partial charge >= 0.3 is 0 Å². The quantitative estimate of drug-likeness (QED) is 0.378. The van der Waals surface area contributed by atoms with E-state index >= 15 is 0 Å². The third-order valence-corrected chi connectivity index (χ3v) is 6.20. The highest BCUT2D eigenvalue weighted by atomic mass is 16.6. The first-order valence-corrected chi connectivity index (χ1v) is 11.0. The van der Waals surface area contributed by atoms with Crippen molar-refractivity contribution < 1.29 is 9.72 Å². The van der Waals surface area contributed by atoms with Crippen LogP contribution in [-0.2, 0) is 4.79 Å². The minimum atomic E-state index is -0.342. The van der Waals surface area contributed by atoms with Crippen molar-refractivity contribution in [2.24, 2.45) is 5.92 Å². The van der Waals surface area contributed by atoms with E-state index in [0.29, 0.717) is 31.6 Å². The van der Waals surface area contributed by atoms with Crippen LogP contribution in [0.4, 0.5) is 17.1 Å². The molecule has 4 rings (SSSR count). The molecule has 0 aromatic heterocycles. The van der Waals surface area contributed by atoms with Crippen molar-refractivity contribution in [1.29, 1.82) is 0 Å². The molecular formula is C26H27N3O3. The topological polar surface area (TPSA) is 66.7 Å². The number of nitro groups is 1. The molecule has 0 aliphatic carbocycles. The van der Waals surface area contributed by atoms with Crippen LogP contribution in [0.25, 0.3) is 0 Å². The van der Waals surface area contributed by atoms with Crippen LogP contribution in [0.15, 0.2) is 84.9 Å². The number of hydrogen-bond acceptors (Lipinski definition) is 4. The van der Waals surface area contributed by atoms with Gasteiger partial charge in [-0.3, -0.25) is 14.9 Å². The Hall–Kier alpha value is -3.67. The van der Waals surface area contributed by atoms with E-state index in [9.17, 15) is 14.9 Å². The number of nitro benzene ring substituents is 1. The van der Waals surface area contributed by atoms with E-state index in [1.165, 1.54) is 6.07 Å². The monoisotopic (exact) mass is 429 g/mol. The molecule has 1 saturated heterocycles. The van der Waals surface area contributed by atoms with Crippen LogP contribution < -0.4 is 9.80 Å². The molecule has 1 aliphatic rings. The van der Waals surface area contributed by atoms with Crippen molar-refractivity contribution in [3.8, 4) is 0 Å². The van der Waals surface area contributed by atoms with E-state index in [2.05, 4.69) is 6.92 Å². The zero-order valence-electron chi connectivity index (χ0n) is 18.1. The van der Waals surface area contributed by atoms with E-state index in [4.69, 9.17) is 0 Å². The maximum Gasteiger partial charge on any atom is 0.292 e. The number of nitrogens with zero attached hydrogens (tertiary/aromatic N) is 3. The van der Waals surface area contributed by atoms with E-state index in [1.54, 1.807) is 12.1 Å². The van der Waals surface area contributed by atoms with Gasteiger partial charge in [0.1, 0.15) is 5.69 Å². The zero-order valence-corrected chi connectivity index (χ0v) is 18.1. The normalized spacial score (nSPS) is 15.2. The highest BCUT2D eigenvalue weighted by Crippen LogP contribution is 2.34. The molecule has 164 valence electrons. The number of para-hydroxylation sites is 3. The molecule has 0 saturated carbocycles. The van der Waals surface area contributed by atoms with Crippen molar-refractivity contribution in [2.45, 2.75) is 25.8 Å². The highest BCUT2D eigenvalue weighted by Gasteiger charge is 2.33. The molecule has 1 unspecified atom stereocenters. The predicted molar refractivity (Wildman–Crippen MR) is 127 cm³/mol. The molecule has 3 aromatic carbocycles. The Balaban J connectivity index is 1.54. The van der Waals surface area contributed by atoms with Gasteiger partial charge in [0.2, 0.25) is 5.91 Å². The number of amides is 1. The van der Waals surface area contributed by atoms with E-state index < -0.39 is 0 Å². The Morgan fingerprint density at radius 1 is 0.938 bits per heavy atom. The van der Waals surface area contributed by atoms with E-state index in [1.807, 2.05) is 76.5 Å². The van der Waals surface area contributed by atoms with Gasteiger partial charge in [-0.25, -0.2) is 0 Å². The summed E-state index contributed by atoms with van der Waals surface area (Å²) >= 11 is 0. The van der Waals surface area contributed by atoms with Crippen LogP contribution >= 0.6 is 0 Å². The summed E-state index contributed by atoms with van der Waals surface area (Å²) in [5.41, 5.74) is 2.71. The lowest BCUT2D eigenvalue weighted by atomic mass is 9.93. The van der Waals surface area contributed by atoms with Gasteiger partial charge in [0.15, 0.2) is 0 Å². The first-order chi connectivity index (χ1) is 15.6. The molecule has 1 amide bonds. The number of benzene rings is 3. The molecule has 1 aliphatic heterocycles. The lowest BCUT2D eigenvalue weighted by Crippen LogP contribution is -2.44. The third-order valence-electron chi connectivity index (χ3n) is 6.20. The molecule has 0 bridgehead atoms. The molecule has 6 heteroatoms. The largest absolute Gasteiger partial charge is 0.366 e. The van der Waals surface area contributed by atoms with E-state index in [-0.39, 0.29) is 28.5 Å². The lowest BCUT2D eigenvalue weighted by molar-refractivity contribution is -0.384. The molecule has 0 spiro atoms. The Labute approximate surface area is 188 Å². The Morgan fingerprint density at radius 2 is 1.50 bits per heavy atom. The number of hydrogen-bond donors (Lipinski definition) is 0. The summed E-state index contributed by atoms with van der Waals surface area (Å²) in [5.74, 6) is -0.0184. The molecular weight excluding hydrogens is 402 g/mol. The smallest absolute Gasteiger partial charge is 0.292 e. The molecule has 3 aromatic rings. The first-order valence-electron chi connectivity index (χ1n) is 11.0. The fourth-order valence-corrected chi connectivity index (χ4v) is 4.46. The maximum absolute atomic E-state index is 13.7. The van der Waals surface area contributed by atoms with Crippen LogP contribution in [0.1, 0.15) is 31.4 Å². The van der Waals surface area contributed by atoms with Crippen molar-refractivity contribution in [2.75, 3.05) is 22.9 Å². The second kappa shape index (κ2) is 9.64. The van der Waals surface area contributed by atoms with Crippen LogP contribution in [-0.4, -0.2) is 23.9 Å². The molecule has 6 nitrogen and oxygen atoms in total. The lowest BCUT2D eigenvalue weighted by Gasteiger charge is -2.37. The molecule has 0 N–H and O–H groups in total. The van der Waals surface area contributed by atoms with Crippen molar-refractivity contribution >= 4 is 23.0 Å². The van der Waals surface area contributed by atoms with Gasteiger partial charge in [0, 0.05) is 30.8 Å². The number of piperidine rings is 1. The predicted octanol–water partition coefficient (Wildman–Crippen LogP) is 5.61. The van der Waals surface area contributed by atoms with Crippen LogP contribution in [0.3, 0.4) is 0 Å². The summed E-state index contributed by atoms with van der Waals surface area (Å²) in [7, 11) is 0. The summed E-state index contributed by atoms with van der Waals surface area (Å²) in [5, 5.41) is 11.4. The molecule has 0 radical (unpaired) electrons. The van der Waals surface area contributed by atoms with Gasteiger partial charge in [-0.15, -0.1) is 0 Å². The first kappa shape index (κ1) is 21.6. The minimum Gasteiger partial charge on any atom is -0.366 e. The standard InChI is InChI=1S/C26H27N3O3/c1-20(21-10-4-2-5-11-21)28(23-12-6-3-7-13-23)26(30)22-16-18-27(19-17-22)24-14-8-9-15-25(24)29(31)32/h2-15,20,22H,16-19H2,1H3.